The molecule has 1 aromatic heterocycles. The van der Waals surface area contributed by atoms with E-state index >= 15 is 0 Å². The van der Waals surface area contributed by atoms with E-state index < -0.39 is 0 Å². The van der Waals surface area contributed by atoms with Crippen LogP contribution in [-0.4, -0.2) is 11.0 Å². The van der Waals surface area contributed by atoms with Gasteiger partial charge in [-0.2, -0.15) is 0 Å². The fraction of sp³-hybridized carbons (Fsp3) is 0.375. The molecule has 1 unspecified atom stereocenters. The van der Waals surface area contributed by atoms with Gasteiger partial charge in [0.05, 0.1) is 6.04 Å². The van der Waals surface area contributed by atoms with E-state index in [2.05, 4.69) is 36.4 Å². The van der Waals surface area contributed by atoms with Crippen molar-refractivity contribution in [2.75, 3.05) is 5.32 Å². The maximum Gasteiger partial charge on any atom is 0.321 e. The fourth-order valence-electron chi connectivity index (χ4n) is 2.12. The van der Waals surface area contributed by atoms with E-state index in [1.807, 2.05) is 37.3 Å². The molecule has 5 heteroatoms. The summed E-state index contributed by atoms with van der Waals surface area (Å²) in [6, 6.07) is 9.71. The molecule has 1 aromatic carbocycles. The molecule has 0 saturated carbocycles. The van der Waals surface area contributed by atoms with E-state index in [1.165, 1.54) is 11.3 Å². The highest BCUT2D eigenvalue weighted by Crippen LogP contribution is 2.32. The van der Waals surface area contributed by atoms with Gasteiger partial charge >= 0.3 is 6.03 Å². The van der Waals surface area contributed by atoms with Crippen molar-refractivity contribution in [3.05, 3.63) is 47.0 Å². The number of hydrogen-bond acceptors (Lipinski definition) is 3. The largest absolute Gasteiger partial charge is 0.330 e. The summed E-state index contributed by atoms with van der Waals surface area (Å²) in [5.74, 6) is 0. The number of aryl methyl sites for hydroxylation is 1. The van der Waals surface area contributed by atoms with Crippen molar-refractivity contribution in [1.82, 2.24) is 10.3 Å². The van der Waals surface area contributed by atoms with Crippen molar-refractivity contribution in [1.29, 1.82) is 0 Å². The summed E-state index contributed by atoms with van der Waals surface area (Å²) in [6.07, 6.45) is 1.75. The van der Waals surface area contributed by atoms with Gasteiger partial charge in [0.2, 0.25) is 0 Å². The zero-order chi connectivity index (χ0) is 15.5. The molecule has 0 saturated heterocycles. The number of carbonyl (C=O) groups excluding carboxylic acids is 1. The number of aromatic nitrogens is 1. The Morgan fingerprint density at radius 2 is 1.90 bits per heavy atom. The zero-order valence-corrected chi connectivity index (χ0v) is 13.6. The highest BCUT2D eigenvalue weighted by molar-refractivity contribution is 7.15. The molecule has 4 nitrogen and oxygen atoms in total. The van der Waals surface area contributed by atoms with Crippen LogP contribution in [0.2, 0.25) is 0 Å². The summed E-state index contributed by atoms with van der Waals surface area (Å²) in [4.78, 5) is 17.4. The summed E-state index contributed by atoms with van der Waals surface area (Å²) in [5, 5.41) is 6.46. The van der Waals surface area contributed by atoms with Crippen LogP contribution < -0.4 is 10.6 Å². The monoisotopic (exact) mass is 303 g/mol. The molecule has 112 valence electrons. The third kappa shape index (κ3) is 4.29. The highest BCUT2D eigenvalue weighted by atomic mass is 32.1. The number of rotatable bonds is 3. The lowest BCUT2D eigenvalue weighted by Crippen LogP contribution is -2.39. The SMILES string of the molecule is Cc1cnc(NC(=O)NC(c2ccccc2)C(C)(C)C)s1. The van der Waals surface area contributed by atoms with Crippen molar-refractivity contribution in [3.8, 4) is 0 Å². The molecule has 0 aliphatic carbocycles. The van der Waals surface area contributed by atoms with Gasteiger partial charge in [-0.1, -0.05) is 51.1 Å². The number of amides is 2. The van der Waals surface area contributed by atoms with Gasteiger partial charge < -0.3 is 5.32 Å². The fourth-order valence-corrected chi connectivity index (χ4v) is 2.78. The Morgan fingerprint density at radius 3 is 2.43 bits per heavy atom. The van der Waals surface area contributed by atoms with Crippen molar-refractivity contribution in [3.63, 3.8) is 0 Å². The molecule has 0 aliphatic heterocycles. The van der Waals surface area contributed by atoms with Crippen molar-refractivity contribution in [2.24, 2.45) is 5.41 Å². The van der Waals surface area contributed by atoms with E-state index in [0.29, 0.717) is 5.13 Å². The lowest BCUT2D eigenvalue weighted by atomic mass is 9.82. The molecule has 2 N–H and O–H groups in total. The van der Waals surface area contributed by atoms with E-state index in [0.717, 1.165) is 10.4 Å². The Hall–Kier alpha value is -1.88. The topological polar surface area (TPSA) is 54.0 Å². The minimum Gasteiger partial charge on any atom is -0.330 e. The second-order valence-electron chi connectivity index (χ2n) is 6.08. The molecule has 1 atom stereocenters. The molecule has 0 fully saturated rings. The molecule has 2 amide bonds. The average molecular weight is 303 g/mol. The first-order chi connectivity index (χ1) is 9.86. The summed E-state index contributed by atoms with van der Waals surface area (Å²) < 4.78 is 0. The second kappa shape index (κ2) is 6.26. The van der Waals surface area contributed by atoms with E-state index in [-0.39, 0.29) is 17.5 Å². The van der Waals surface area contributed by atoms with Gasteiger partial charge in [-0.3, -0.25) is 5.32 Å². The van der Waals surface area contributed by atoms with Gasteiger partial charge in [0, 0.05) is 11.1 Å². The Kier molecular flexibility index (Phi) is 4.63. The van der Waals surface area contributed by atoms with Crippen LogP contribution in [0.15, 0.2) is 36.5 Å². The first-order valence-electron chi connectivity index (χ1n) is 6.91. The van der Waals surface area contributed by atoms with Gasteiger partial charge in [-0.25, -0.2) is 9.78 Å². The predicted molar refractivity (Wildman–Crippen MR) is 87.6 cm³/mol. The molecule has 0 bridgehead atoms. The van der Waals surface area contributed by atoms with Crippen molar-refractivity contribution in [2.45, 2.75) is 33.7 Å². The van der Waals surface area contributed by atoms with Gasteiger partial charge in [0.15, 0.2) is 5.13 Å². The third-order valence-corrected chi connectivity index (χ3v) is 3.94. The number of hydrogen-bond donors (Lipinski definition) is 2. The van der Waals surface area contributed by atoms with Crippen LogP contribution in [0, 0.1) is 12.3 Å². The molecule has 2 aromatic rings. The molecular formula is C16H21N3OS. The number of nitrogens with zero attached hydrogens (tertiary/aromatic N) is 1. The van der Waals surface area contributed by atoms with Gasteiger partial charge in [0.25, 0.3) is 0 Å². The minimum atomic E-state index is -0.229. The van der Waals surface area contributed by atoms with Crippen molar-refractivity contribution < 1.29 is 4.79 Å². The van der Waals surface area contributed by atoms with Crippen LogP contribution in [0.3, 0.4) is 0 Å². The zero-order valence-electron chi connectivity index (χ0n) is 12.8. The highest BCUT2D eigenvalue weighted by Gasteiger charge is 2.27. The third-order valence-electron chi connectivity index (χ3n) is 3.12. The summed E-state index contributed by atoms with van der Waals surface area (Å²) in [5.41, 5.74) is 1.01. The Labute approximate surface area is 129 Å². The van der Waals surface area contributed by atoms with Gasteiger partial charge in [-0.15, -0.1) is 11.3 Å². The van der Waals surface area contributed by atoms with E-state index in [4.69, 9.17) is 0 Å². The van der Waals surface area contributed by atoms with E-state index in [9.17, 15) is 4.79 Å². The Balaban J connectivity index is 2.11. The second-order valence-corrected chi connectivity index (χ2v) is 7.32. The number of thiazole rings is 1. The van der Waals surface area contributed by atoms with Crippen molar-refractivity contribution >= 4 is 22.5 Å². The molecule has 1 heterocycles. The lowest BCUT2D eigenvalue weighted by molar-refractivity contribution is 0.229. The smallest absolute Gasteiger partial charge is 0.321 e. The maximum absolute atomic E-state index is 12.2. The number of benzene rings is 1. The maximum atomic E-state index is 12.2. The molecule has 2 rings (SSSR count). The van der Waals surface area contributed by atoms with Gasteiger partial charge in [-0.05, 0) is 17.9 Å². The first kappa shape index (κ1) is 15.5. The van der Waals surface area contributed by atoms with Crippen LogP contribution in [-0.2, 0) is 0 Å². The van der Waals surface area contributed by atoms with E-state index in [1.54, 1.807) is 6.20 Å². The standard InChI is InChI=1S/C16H21N3OS/c1-11-10-17-15(21-11)19-14(20)18-13(16(2,3)4)12-8-6-5-7-9-12/h5-10,13H,1-4H3,(H2,17,18,19,20). The number of nitrogens with one attached hydrogen (secondary N) is 2. The normalized spacial score (nSPS) is 12.8. The van der Waals surface area contributed by atoms with Crippen LogP contribution >= 0.6 is 11.3 Å². The van der Waals surface area contributed by atoms with Crippen LogP contribution in [0.1, 0.15) is 37.3 Å². The van der Waals surface area contributed by atoms with Crippen LogP contribution in [0.25, 0.3) is 0 Å². The number of anilines is 1. The molecule has 0 aliphatic rings. The molecule has 0 radical (unpaired) electrons. The van der Waals surface area contributed by atoms with Crippen LogP contribution in [0.4, 0.5) is 9.93 Å². The lowest BCUT2D eigenvalue weighted by Gasteiger charge is -2.31. The average Bonchev–Trinajstić information content (AvgIpc) is 2.81. The Morgan fingerprint density at radius 1 is 1.24 bits per heavy atom. The number of carbonyl (C=O) groups is 1. The van der Waals surface area contributed by atoms with Crippen LogP contribution in [0.5, 0.6) is 0 Å². The Bertz CT molecular complexity index is 601. The summed E-state index contributed by atoms with van der Waals surface area (Å²) in [6.45, 7) is 8.29. The summed E-state index contributed by atoms with van der Waals surface area (Å²) in [7, 11) is 0. The summed E-state index contributed by atoms with van der Waals surface area (Å²) >= 11 is 1.46. The quantitative estimate of drug-likeness (QED) is 0.885. The predicted octanol–water partition coefficient (Wildman–Crippen LogP) is 4.36. The molecule has 21 heavy (non-hydrogen) atoms. The first-order valence-corrected chi connectivity index (χ1v) is 7.73. The number of urea groups is 1. The molecule has 0 spiro atoms. The minimum absolute atomic E-state index is 0.0697. The van der Waals surface area contributed by atoms with Gasteiger partial charge in [0.1, 0.15) is 0 Å². The molecular weight excluding hydrogens is 282 g/mol.